The SMILES string of the molecule is CCOC(=O)N1CCN(c2ccccc2C(C)(C)C)CC1. The fraction of sp³-hybridized carbons (Fsp3) is 0.588. The lowest BCUT2D eigenvalue weighted by molar-refractivity contribution is 0.105. The van der Waals surface area contributed by atoms with Crippen molar-refractivity contribution in [3.05, 3.63) is 29.8 Å². The summed E-state index contributed by atoms with van der Waals surface area (Å²) in [4.78, 5) is 15.9. The van der Waals surface area contributed by atoms with Gasteiger partial charge in [-0.15, -0.1) is 0 Å². The predicted octanol–water partition coefficient (Wildman–Crippen LogP) is 3.26. The molecule has 0 radical (unpaired) electrons. The highest BCUT2D eigenvalue weighted by Crippen LogP contribution is 2.32. The minimum atomic E-state index is -0.193. The molecule has 0 atom stereocenters. The predicted molar refractivity (Wildman–Crippen MR) is 86.0 cm³/mol. The third kappa shape index (κ3) is 3.69. The second-order valence-corrected chi connectivity index (χ2v) is 6.44. The average Bonchev–Trinajstić information content (AvgIpc) is 2.47. The Labute approximate surface area is 127 Å². The molecule has 1 amide bonds. The lowest BCUT2D eigenvalue weighted by atomic mass is 9.85. The molecule has 2 rings (SSSR count). The Morgan fingerprint density at radius 1 is 1.14 bits per heavy atom. The van der Waals surface area contributed by atoms with Crippen LogP contribution >= 0.6 is 0 Å². The fourth-order valence-electron chi connectivity index (χ4n) is 2.73. The first-order chi connectivity index (χ1) is 9.93. The number of anilines is 1. The molecule has 1 aromatic carbocycles. The van der Waals surface area contributed by atoms with Crippen LogP contribution in [0.25, 0.3) is 0 Å². The Kier molecular flexibility index (Phi) is 4.76. The number of para-hydroxylation sites is 1. The molecular formula is C17H26N2O2. The Morgan fingerprint density at radius 3 is 2.33 bits per heavy atom. The Balaban J connectivity index is 2.08. The molecule has 0 aliphatic carbocycles. The molecule has 116 valence electrons. The zero-order chi connectivity index (χ0) is 15.5. The molecule has 1 aliphatic rings. The van der Waals surface area contributed by atoms with Crippen molar-refractivity contribution in [3.8, 4) is 0 Å². The first-order valence-electron chi connectivity index (χ1n) is 7.69. The van der Waals surface area contributed by atoms with E-state index in [-0.39, 0.29) is 11.5 Å². The van der Waals surface area contributed by atoms with E-state index < -0.39 is 0 Å². The van der Waals surface area contributed by atoms with E-state index in [2.05, 4.69) is 49.9 Å². The summed E-state index contributed by atoms with van der Waals surface area (Å²) in [5, 5.41) is 0. The van der Waals surface area contributed by atoms with Crippen molar-refractivity contribution >= 4 is 11.8 Å². The zero-order valence-electron chi connectivity index (χ0n) is 13.6. The summed E-state index contributed by atoms with van der Waals surface area (Å²) in [7, 11) is 0. The van der Waals surface area contributed by atoms with Gasteiger partial charge in [0.2, 0.25) is 0 Å². The summed E-state index contributed by atoms with van der Waals surface area (Å²) >= 11 is 0. The van der Waals surface area contributed by atoms with Crippen molar-refractivity contribution in [1.82, 2.24) is 4.90 Å². The highest BCUT2D eigenvalue weighted by atomic mass is 16.6. The van der Waals surface area contributed by atoms with Crippen molar-refractivity contribution in [1.29, 1.82) is 0 Å². The first-order valence-corrected chi connectivity index (χ1v) is 7.69. The summed E-state index contributed by atoms with van der Waals surface area (Å²) < 4.78 is 5.07. The number of hydrogen-bond acceptors (Lipinski definition) is 3. The molecule has 1 aromatic rings. The van der Waals surface area contributed by atoms with E-state index in [1.807, 2.05) is 6.92 Å². The van der Waals surface area contributed by atoms with Gasteiger partial charge in [0.25, 0.3) is 0 Å². The van der Waals surface area contributed by atoms with Gasteiger partial charge >= 0.3 is 6.09 Å². The van der Waals surface area contributed by atoms with Gasteiger partial charge in [-0.1, -0.05) is 39.0 Å². The van der Waals surface area contributed by atoms with Crippen LogP contribution in [0.15, 0.2) is 24.3 Å². The molecule has 0 bridgehead atoms. The van der Waals surface area contributed by atoms with Crippen LogP contribution < -0.4 is 4.90 Å². The molecule has 0 N–H and O–H groups in total. The number of benzene rings is 1. The number of piperazine rings is 1. The highest BCUT2D eigenvalue weighted by Gasteiger charge is 2.25. The normalized spacial score (nSPS) is 16.0. The quantitative estimate of drug-likeness (QED) is 0.838. The number of amides is 1. The monoisotopic (exact) mass is 290 g/mol. The van der Waals surface area contributed by atoms with Crippen LogP contribution in [0.2, 0.25) is 0 Å². The van der Waals surface area contributed by atoms with Crippen molar-refractivity contribution in [3.63, 3.8) is 0 Å². The van der Waals surface area contributed by atoms with Crippen LogP contribution in [-0.2, 0) is 10.2 Å². The van der Waals surface area contributed by atoms with Gasteiger partial charge in [0.05, 0.1) is 6.61 Å². The second kappa shape index (κ2) is 6.37. The van der Waals surface area contributed by atoms with Crippen LogP contribution in [0, 0.1) is 0 Å². The van der Waals surface area contributed by atoms with E-state index in [0.717, 1.165) is 26.2 Å². The summed E-state index contributed by atoms with van der Waals surface area (Å²) in [5.41, 5.74) is 2.76. The maximum atomic E-state index is 11.8. The Bertz CT molecular complexity index is 486. The van der Waals surface area contributed by atoms with Gasteiger partial charge in [-0.2, -0.15) is 0 Å². The standard InChI is InChI=1S/C17H26N2O2/c1-5-21-16(20)19-12-10-18(11-13-19)15-9-7-6-8-14(15)17(2,3)4/h6-9H,5,10-13H2,1-4H3. The minimum absolute atomic E-state index is 0.120. The van der Waals surface area contributed by atoms with Crippen LogP contribution in [0.5, 0.6) is 0 Å². The summed E-state index contributed by atoms with van der Waals surface area (Å²) in [6, 6.07) is 8.56. The molecule has 1 saturated heterocycles. The first kappa shape index (κ1) is 15.7. The maximum absolute atomic E-state index is 11.8. The van der Waals surface area contributed by atoms with Crippen molar-refractivity contribution in [2.24, 2.45) is 0 Å². The van der Waals surface area contributed by atoms with Crippen LogP contribution in [0.4, 0.5) is 10.5 Å². The van der Waals surface area contributed by atoms with Gasteiger partial charge in [0, 0.05) is 31.9 Å². The summed E-state index contributed by atoms with van der Waals surface area (Å²) in [6.07, 6.45) is -0.193. The van der Waals surface area contributed by atoms with Gasteiger partial charge < -0.3 is 14.5 Å². The summed E-state index contributed by atoms with van der Waals surface area (Å²) in [5.74, 6) is 0. The van der Waals surface area contributed by atoms with Gasteiger partial charge in [-0.05, 0) is 24.0 Å². The van der Waals surface area contributed by atoms with E-state index in [9.17, 15) is 4.79 Å². The fourth-order valence-corrected chi connectivity index (χ4v) is 2.73. The van der Waals surface area contributed by atoms with Crippen molar-refractivity contribution < 1.29 is 9.53 Å². The molecule has 1 heterocycles. The number of nitrogens with zero attached hydrogens (tertiary/aromatic N) is 2. The van der Waals surface area contributed by atoms with Crippen molar-refractivity contribution in [2.75, 3.05) is 37.7 Å². The number of hydrogen-bond donors (Lipinski definition) is 0. The molecule has 4 heteroatoms. The summed E-state index contributed by atoms with van der Waals surface area (Å²) in [6.45, 7) is 12.1. The van der Waals surface area contributed by atoms with Crippen LogP contribution in [-0.4, -0.2) is 43.8 Å². The van der Waals surface area contributed by atoms with Crippen LogP contribution in [0.3, 0.4) is 0 Å². The minimum Gasteiger partial charge on any atom is -0.450 e. The number of carbonyl (C=O) groups is 1. The Morgan fingerprint density at radius 2 is 1.76 bits per heavy atom. The highest BCUT2D eigenvalue weighted by molar-refractivity contribution is 5.68. The van der Waals surface area contributed by atoms with Crippen molar-refractivity contribution in [2.45, 2.75) is 33.1 Å². The number of carbonyl (C=O) groups excluding carboxylic acids is 1. The maximum Gasteiger partial charge on any atom is 0.409 e. The molecule has 0 saturated carbocycles. The molecule has 0 unspecified atom stereocenters. The van der Waals surface area contributed by atoms with Gasteiger partial charge in [-0.3, -0.25) is 0 Å². The Hall–Kier alpha value is -1.71. The average molecular weight is 290 g/mol. The topological polar surface area (TPSA) is 32.8 Å². The van der Waals surface area contributed by atoms with Crippen LogP contribution in [0.1, 0.15) is 33.3 Å². The van der Waals surface area contributed by atoms with E-state index in [0.29, 0.717) is 6.61 Å². The van der Waals surface area contributed by atoms with E-state index in [1.54, 1.807) is 4.90 Å². The lowest BCUT2D eigenvalue weighted by Gasteiger charge is -2.38. The van der Waals surface area contributed by atoms with Gasteiger partial charge in [-0.25, -0.2) is 4.79 Å². The largest absolute Gasteiger partial charge is 0.450 e. The third-order valence-corrected chi connectivity index (χ3v) is 3.86. The third-order valence-electron chi connectivity index (χ3n) is 3.86. The lowest BCUT2D eigenvalue weighted by Crippen LogP contribution is -2.49. The molecule has 1 fully saturated rings. The molecule has 1 aliphatic heterocycles. The zero-order valence-corrected chi connectivity index (χ0v) is 13.6. The molecule has 4 nitrogen and oxygen atoms in total. The van der Waals surface area contributed by atoms with E-state index in [4.69, 9.17) is 4.74 Å². The second-order valence-electron chi connectivity index (χ2n) is 6.44. The molecule has 0 aromatic heterocycles. The molecule has 21 heavy (non-hydrogen) atoms. The van der Waals surface area contributed by atoms with E-state index >= 15 is 0 Å². The molecular weight excluding hydrogens is 264 g/mol. The van der Waals surface area contributed by atoms with Gasteiger partial charge in [0.1, 0.15) is 0 Å². The number of rotatable bonds is 2. The smallest absolute Gasteiger partial charge is 0.409 e. The number of ether oxygens (including phenoxy) is 1. The van der Waals surface area contributed by atoms with E-state index in [1.165, 1.54) is 11.3 Å². The van der Waals surface area contributed by atoms with Gasteiger partial charge in [0.15, 0.2) is 0 Å². The molecule has 0 spiro atoms.